The van der Waals surface area contributed by atoms with Crippen molar-refractivity contribution in [3.63, 3.8) is 0 Å². The Hall–Kier alpha value is -0.300. The van der Waals surface area contributed by atoms with Gasteiger partial charge in [-0.15, -0.1) is 3.63 Å². The maximum Gasteiger partial charge on any atom is 0.416 e. The average Bonchev–Trinajstić information content (AvgIpc) is 2.11. The second-order valence-corrected chi connectivity index (χ2v) is 5.75. The van der Waals surface area contributed by atoms with Gasteiger partial charge in [0.1, 0.15) is 0 Å². The van der Waals surface area contributed by atoms with E-state index in [1.54, 1.807) is 0 Å². The molecule has 0 aliphatic carbocycles. The summed E-state index contributed by atoms with van der Waals surface area (Å²) in [4.78, 5) is 0. The topological polar surface area (TPSA) is 147 Å². The highest BCUT2D eigenvalue weighted by atomic mass is 32.3. The Balaban J connectivity index is 4.53. The van der Waals surface area contributed by atoms with E-state index in [0.717, 1.165) is 0 Å². The summed E-state index contributed by atoms with van der Waals surface area (Å²) in [6, 6.07) is 0. The Morgan fingerprint density at radius 1 is 1.12 bits per heavy atom. The van der Waals surface area contributed by atoms with E-state index in [4.69, 9.17) is 14.8 Å². The van der Waals surface area contributed by atoms with Gasteiger partial charge in [0, 0.05) is 5.41 Å². The largest absolute Gasteiger partial charge is 0.416 e. The number of hydrogen-bond acceptors (Lipinski definition) is 8. The SMILES string of the molecule is CC(CO)(CO)COS(=O)(=O)OS(=O)(=O)O. The van der Waals surface area contributed by atoms with Gasteiger partial charge < -0.3 is 10.2 Å². The van der Waals surface area contributed by atoms with Gasteiger partial charge >= 0.3 is 20.8 Å². The van der Waals surface area contributed by atoms with E-state index in [1.807, 2.05) is 0 Å². The lowest BCUT2D eigenvalue weighted by Crippen LogP contribution is -2.33. The molecule has 0 saturated carbocycles. The lowest BCUT2D eigenvalue weighted by atomic mass is 9.95. The van der Waals surface area contributed by atoms with Crippen LogP contribution in [0.1, 0.15) is 6.92 Å². The molecule has 0 heterocycles. The Morgan fingerprint density at radius 2 is 1.56 bits per heavy atom. The second kappa shape index (κ2) is 5.35. The minimum Gasteiger partial charge on any atom is -0.396 e. The quantitative estimate of drug-likeness (QED) is 0.453. The van der Waals surface area contributed by atoms with Crippen LogP contribution in [0.15, 0.2) is 0 Å². The van der Waals surface area contributed by atoms with Gasteiger partial charge in [-0.05, 0) is 0 Å². The zero-order chi connectivity index (χ0) is 13.0. The summed E-state index contributed by atoms with van der Waals surface area (Å²) < 4.78 is 57.1. The first-order chi connectivity index (χ1) is 7.04. The van der Waals surface area contributed by atoms with Gasteiger partial charge in [0.05, 0.1) is 19.8 Å². The van der Waals surface area contributed by atoms with E-state index in [0.29, 0.717) is 0 Å². The molecular formula is C5H12O9S2. The first kappa shape index (κ1) is 15.7. The fourth-order valence-corrected chi connectivity index (χ4v) is 1.91. The summed E-state index contributed by atoms with van der Waals surface area (Å²) in [6.07, 6.45) is 0. The standard InChI is InChI=1S/C5H12O9S2/c1-5(2-6,3-7)4-13-16(11,12)14-15(8,9)10/h6-7H,2-4H2,1H3,(H,8,9,10). The van der Waals surface area contributed by atoms with Crippen molar-refractivity contribution in [2.45, 2.75) is 6.92 Å². The van der Waals surface area contributed by atoms with Gasteiger partial charge in [0.2, 0.25) is 0 Å². The Labute approximate surface area is 92.9 Å². The Kier molecular flexibility index (Phi) is 5.25. The maximum atomic E-state index is 10.8. The predicted octanol–water partition coefficient (Wildman–Crippen LogP) is -1.94. The van der Waals surface area contributed by atoms with Crippen LogP contribution in [0.3, 0.4) is 0 Å². The molecule has 0 amide bonds. The summed E-state index contributed by atoms with van der Waals surface area (Å²) in [6.45, 7) is -0.608. The van der Waals surface area contributed by atoms with E-state index < -0.39 is 46.0 Å². The van der Waals surface area contributed by atoms with Crippen molar-refractivity contribution in [1.82, 2.24) is 0 Å². The lowest BCUT2D eigenvalue weighted by molar-refractivity contribution is 0.0278. The monoisotopic (exact) mass is 280 g/mol. The highest BCUT2D eigenvalue weighted by molar-refractivity contribution is 7.94. The normalized spacial score (nSPS) is 14.0. The second-order valence-electron chi connectivity index (χ2n) is 3.29. The molecule has 0 aromatic rings. The molecule has 0 atom stereocenters. The first-order valence-electron chi connectivity index (χ1n) is 3.83. The van der Waals surface area contributed by atoms with Crippen LogP contribution in [-0.2, 0) is 28.6 Å². The highest BCUT2D eigenvalue weighted by Crippen LogP contribution is 2.16. The third-order valence-corrected chi connectivity index (χ3v) is 3.25. The van der Waals surface area contributed by atoms with Crippen molar-refractivity contribution in [2.75, 3.05) is 19.8 Å². The molecule has 98 valence electrons. The van der Waals surface area contributed by atoms with E-state index in [2.05, 4.69) is 7.81 Å². The minimum atomic E-state index is -5.20. The van der Waals surface area contributed by atoms with Crippen LogP contribution < -0.4 is 0 Å². The number of aliphatic hydroxyl groups is 2. The molecule has 0 aliphatic heterocycles. The lowest BCUT2D eigenvalue weighted by Gasteiger charge is -2.22. The van der Waals surface area contributed by atoms with Gasteiger partial charge in [0.25, 0.3) is 0 Å². The van der Waals surface area contributed by atoms with E-state index in [9.17, 15) is 16.8 Å². The molecule has 0 aromatic heterocycles. The molecule has 0 aliphatic rings. The van der Waals surface area contributed by atoms with Crippen LogP contribution in [0.2, 0.25) is 0 Å². The summed E-state index contributed by atoms with van der Waals surface area (Å²) in [5, 5.41) is 17.5. The van der Waals surface area contributed by atoms with Crippen LogP contribution in [0, 0.1) is 5.41 Å². The number of rotatable bonds is 7. The number of aliphatic hydroxyl groups excluding tert-OH is 2. The molecule has 11 heteroatoms. The smallest absolute Gasteiger partial charge is 0.396 e. The van der Waals surface area contributed by atoms with E-state index >= 15 is 0 Å². The molecule has 0 radical (unpaired) electrons. The van der Waals surface area contributed by atoms with Gasteiger partial charge in [0.15, 0.2) is 0 Å². The van der Waals surface area contributed by atoms with Crippen molar-refractivity contribution in [2.24, 2.45) is 5.41 Å². The van der Waals surface area contributed by atoms with Crippen LogP contribution >= 0.6 is 0 Å². The van der Waals surface area contributed by atoms with Crippen molar-refractivity contribution >= 4 is 20.8 Å². The molecule has 16 heavy (non-hydrogen) atoms. The van der Waals surface area contributed by atoms with Crippen molar-refractivity contribution in [3.8, 4) is 0 Å². The molecule has 0 unspecified atom stereocenters. The third-order valence-electron chi connectivity index (χ3n) is 1.48. The summed E-state index contributed by atoms with van der Waals surface area (Å²) in [5.41, 5.74) is -1.28. The van der Waals surface area contributed by atoms with E-state index in [1.165, 1.54) is 6.92 Å². The maximum absolute atomic E-state index is 10.8. The summed E-state index contributed by atoms with van der Waals surface area (Å²) in [7, 11) is -10.2. The Bertz CT molecular complexity index is 403. The average molecular weight is 280 g/mol. The molecule has 0 saturated heterocycles. The minimum absolute atomic E-state index is 0.592. The zero-order valence-electron chi connectivity index (χ0n) is 8.23. The van der Waals surface area contributed by atoms with Gasteiger partial charge in [-0.3, -0.25) is 4.55 Å². The van der Waals surface area contributed by atoms with Crippen molar-refractivity contribution in [1.29, 1.82) is 0 Å². The predicted molar refractivity (Wildman–Crippen MR) is 49.8 cm³/mol. The molecule has 0 rings (SSSR count). The summed E-state index contributed by atoms with van der Waals surface area (Å²) in [5.74, 6) is 0. The molecular weight excluding hydrogens is 268 g/mol. The number of hydrogen-bond donors (Lipinski definition) is 3. The molecule has 0 bridgehead atoms. The highest BCUT2D eigenvalue weighted by Gasteiger charge is 2.29. The summed E-state index contributed by atoms with van der Waals surface area (Å²) >= 11 is 0. The molecule has 0 aromatic carbocycles. The van der Waals surface area contributed by atoms with Gasteiger partial charge in [-0.25, -0.2) is 4.18 Å². The van der Waals surface area contributed by atoms with Crippen LogP contribution in [0.5, 0.6) is 0 Å². The third kappa shape index (κ3) is 6.32. The molecule has 3 N–H and O–H groups in total. The van der Waals surface area contributed by atoms with Gasteiger partial charge in [-0.1, -0.05) is 6.92 Å². The van der Waals surface area contributed by atoms with Crippen molar-refractivity contribution < 1.29 is 39.4 Å². The fraction of sp³-hybridized carbons (Fsp3) is 1.00. The van der Waals surface area contributed by atoms with Crippen molar-refractivity contribution in [3.05, 3.63) is 0 Å². The fourth-order valence-electron chi connectivity index (χ4n) is 0.481. The van der Waals surface area contributed by atoms with E-state index in [-0.39, 0.29) is 0 Å². The van der Waals surface area contributed by atoms with Gasteiger partial charge in [-0.2, -0.15) is 16.8 Å². The molecule has 0 spiro atoms. The first-order valence-corrected chi connectivity index (χ1v) is 6.53. The molecule has 0 fully saturated rings. The Morgan fingerprint density at radius 3 is 1.88 bits per heavy atom. The van der Waals surface area contributed by atoms with Crippen LogP contribution in [-0.4, -0.2) is 51.4 Å². The van der Waals surface area contributed by atoms with Crippen LogP contribution in [0.25, 0.3) is 0 Å². The molecule has 9 nitrogen and oxygen atoms in total. The van der Waals surface area contributed by atoms with Crippen LogP contribution in [0.4, 0.5) is 0 Å². The zero-order valence-corrected chi connectivity index (χ0v) is 9.86.